The zero-order chi connectivity index (χ0) is 16.9. The highest BCUT2D eigenvalue weighted by Crippen LogP contribution is 2.23. The van der Waals surface area contributed by atoms with Crippen LogP contribution < -0.4 is 4.90 Å². The van der Waals surface area contributed by atoms with Crippen LogP contribution in [-0.4, -0.2) is 62.2 Å². The van der Waals surface area contributed by atoms with Crippen LogP contribution in [-0.2, 0) is 4.79 Å². The molecule has 3 rings (SSSR count). The summed E-state index contributed by atoms with van der Waals surface area (Å²) in [5.41, 5.74) is 0.637. The fourth-order valence-electron chi connectivity index (χ4n) is 3.20. The normalized spacial score (nSPS) is 15.8. The minimum atomic E-state index is 0.134. The largest absolute Gasteiger partial charge is 0.355 e. The maximum absolute atomic E-state index is 12.7. The number of piperidine rings is 1. The van der Waals surface area contributed by atoms with Crippen molar-refractivity contribution < 1.29 is 4.79 Å². The molecule has 24 heavy (non-hydrogen) atoms. The monoisotopic (exact) mass is 331 g/mol. The molecule has 0 bridgehead atoms. The number of carbonyl (C=O) groups is 1. The molecule has 2 aromatic heterocycles. The Balaban J connectivity index is 1.59. The van der Waals surface area contributed by atoms with Gasteiger partial charge in [-0.1, -0.05) is 13.3 Å². The summed E-state index contributed by atoms with van der Waals surface area (Å²) in [5.74, 6) is 1.31. The van der Waals surface area contributed by atoms with Gasteiger partial charge in [0.2, 0.25) is 5.91 Å². The highest BCUT2D eigenvalue weighted by Gasteiger charge is 2.28. The van der Waals surface area contributed by atoms with Gasteiger partial charge in [-0.25, -0.2) is 0 Å². The number of hydrogen-bond donors (Lipinski definition) is 0. The summed E-state index contributed by atoms with van der Waals surface area (Å²) >= 11 is 0. The van der Waals surface area contributed by atoms with Crippen LogP contribution in [0.2, 0.25) is 0 Å². The lowest BCUT2D eigenvalue weighted by molar-refractivity contribution is -0.136. The average Bonchev–Trinajstić information content (AvgIpc) is 3.10. The number of fused-ring (bicyclic) bond motifs is 1. The van der Waals surface area contributed by atoms with Gasteiger partial charge in [0.05, 0.1) is 0 Å². The van der Waals surface area contributed by atoms with Crippen molar-refractivity contribution in [3.05, 3.63) is 12.1 Å². The van der Waals surface area contributed by atoms with Crippen molar-refractivity contribution >= 4 is 17.4 Å². The first kappa shape index (κ1) is 16.6. The zero-order valence-corrected chi connectivity index (χ0v) is 14.4. The van der Waals surface area contributed by atoms with Gasteiger partial charge in [-0.15, -0.1) is 14.8 Å². The lowest BCUT2D eigenvalue weighted by atomic mass is 9.95. The lowest BCUT2D eigenvalue weighted by Crippen LogP contribution is -2.43. The van der Waals surface area contributed by atoms with E-state index >= 15 is 0 Å². The van der Waals surface area contributed by atoms with Gasteiger partial charge in [0.25, 0.3) is 0 Å². The molecule has 0 aliphatic carbocycles. The zero-order valence-electron chi connectivity index (χ0n) is 14.4. The number of amides is 1. The Kier molecular flexibility index (Phi) is 5.22. The molecule has 0 spiro atoms. The first-order valence-electron chi connectivity index (χ1n) is 8.82. The summed E-state index contributed by atoms with van der Waals surface area (Å²) < 4.78 is 1.44. The third-order valence-electron chi connectivity index (χ3n) is 4.70. The smallest absolute Gasteiger partial charge is 0.225 e. The molecule has 0 unspecified atom stereocenters. The van der Waals surface area contributed by atoms with Crippen molar-refractivity contribution in [1.29, 1.82) is 0 Å². The molecule has 1 amide bonds. The van der Waals surface area contributed by atoms with Crippen LogP contribution >= 0.6 is 0 Å². The highest BCUT2D eigenvalue weighted by atomic mass is 16.2. The Morgan fingerprint density at radius 2 is 2.08 bits per heavy atom. The van der Waals surface area contributed by atoms with Crippen LogP contribution in [0.15, 0.2) is 12.1 Å². The van der Waals surface area contributed by atoms with E-state index < -0.39 is 0 Å². The Labute approximate surface area is 141 Å². The van der Waals surface area contributed by atoms with Crippen molar-refractivity contribution in [3.8, 4) is 0 Å². The van der Waals surface area contributed by atoms with Crippen LogP contribution in [0.3, 0.4) is 0 Å². The molecule has 3 heterocycles. The fraction of sp³-hybridized carbons (Fsp3) is 0.688. The minimum absolute atomic E-state index is 0.134. The SMILES string of the molecule is CCCCN(CC)C(=O)C1CCN(c2ccc3nnnn3n2)CC1. The van der Waals surface area contributed by atoms with Crippen LogP contribution in [0.5, 0.6) is 0 Å². The molecule has 1 fully saturated rings. The third-order valence-corrected chi connectivity index (χ3v) is 4.70. The van der Waals surface area contributed by atoms with Gasteiger partial charge in [0.1, 0.15) is 0 Å². The van der Waals surface area contributed by atoms with Gasteiger partial charge in [0, 0.05) is 32.1 Å². The maximum atomic E-state index is 12.7. The molecule has 8 heteroatoms. The van der Waals surface area contributed by atoms with Crippen molar-refractivity contribution in [2.24, 2.45) is 5.92 Å². The molecule has 1 aliphatic rings. The quantitative estimate of drug-likeness (QED) is 0.796. The molecule has 0 saturated carbocycles. The summed E-state index contributed by atoms with van der Waals surface area (Å²) in [5, 5.41) is 15.7. The molecule has 8 nitrogen and oxygen atoms in total. The second-order valence-corrected chi connectivity index (χ2v) is 6.25. The predicted molar refractivity (Wildman–Crippen MR) is 90.7 cm³/mol. The first-order chi connectivity index (χ1) is 11.7. The van der Waals surface area contributed by atoms with E-state index in [4.69, 9.17) is 0 Å². The van der Waals surface area contributed by atoms with Gasteiger partial charge in [-0.2, -0.15) is 0 Å². The standard InChI is InChI=1S/C16H25N7O/c1-3-5-10-21(4-2)16(24)13-8-11-22(12-9-13)15-7-6-14-17-19-20-23(14)18-15/h6-7,13H,3-5,8-12H2,1-2H3. The molecule has 1 aliphatic heterocycles. The topological polar surface area (TPSA) is 79.5 Å². The van der Waals surface area contributed by atoms with Crippen LogP contribution in [0, 0.1) is 5.92 Å². The molecule has 1 saturated heterocycles. The number of hydrogen-bond acceptors (Lipinski definition) is 6. The van der Waals surface area contributed by atoms with Crippen molar-refractivity contribution in [2.45, 2.75) is 39.5 Å². The Morgan fingerprint density at radius 1 is 1.29 bits per heavy atom. The average molecular weight is 331 g/mol. The van der Waals surface area contributed by atoms with Gasteiger partial charge in [-0.3, -0.25) is 4.79 Å². The van der Waals surface area contributed by atoms with Crippen molar-refractivity contribution in [3.63, 3.8) is 0 Å². The van der Waals surface area contributed by atoms with Gasteiger partial charge in [0.15, 0.2) is 11.5 Å². The second-order valence-electron chi connectivity index (χ2n) is 6.25. The molecule has 2 aromatic rings. The molecule has 0 atom stereocenters. The number of carbonyl (C=O) groups excluding carboxylic acids is 1. The number of aromatic nitrogens is 5. The van der Waals surface area contributed by atoms with E-state index in [9.17, 15) is 4.79 Å². The van der Waals surface area contributed by atoms with E-state index in [1.165, 1.54) is 4.63 Å². The Hall–Kier alpha value is -2.25. The molecule has 0 N–H and O–H groups in total. The Bertz CT molecular complexity index is 678. The Morgan fingerprint density at radius 3 is 2.79 bits per heavy atom. The van der Waals surface area contributed by atoms with Crippen LogP contribution in [0.4, 0.5) is 5.82 Å². The number of nitrogens with zero attached hydrogens (tertiary/aromatic N) is 7. The summed E-state index contributed by atoms with van der Waals surface area (Å²) in [6.07, 6.45) is 3.94. The summed E-state index contributed by atoms with van der Waals surface area (Å²) in [6, 6.07) is 3.80. The summed E-state index contributed by atoms with van der Waals surface area (Å²) in [7, 11) is 0. The van der Waals surface area contributed by atoms with Crippen LogP contribution in [0.25, 0.3) is 5.65 Å². The predicted octanol–water partition coefficient (Wildman–Crippen LogP) is 1.38. The fourth-order valence-corrected chi connectivity index (χ4v) is 3.20. The first-order valence-corrected chi connectivity index (χ1v) is 8.82. The molecular weight excluding hydrogens is 306 g/mol. The number of tetrazole rings is 1. The van der Waals surface area contributed by atoms with E-state index in [-0.39, 0.29) is 5.92 Å². The molecule has 0 aromatic carbocycles. The van der Waals surface area contributed by atoms with E-state index in [0.29, 0.717) is 11.6 Å². The van der Waals surface area contributed by atoms with Gasteiger partial charge >= 0.3 is 0 Å². The molecule has 0 radical (unpaired) electrons. The summed E-state index contributed by atoms with van der Waals surface area (Å²) in [6.45, 7) is 7.57. The van der Waals surface area contributed by atoms with Gasteiger partial charge < -0.3 is 9.80 Å². The van der Waals surface area contributed by atoms with E-state index in [1.807, 2.05) is 17.0 Å². The van der Waals surface area contributed by atoms with E-state index in [2.05, 4.69) is 39.4 Å². The molecular formula is C16H25N7O. The number of rotatable bonds is 6. The summed E-state index contributed by atoms with van der Waals surface area (Å²) in [4.78, 5) is 16.9. The number of unbranched alkanes of at least 4 members (excludes halogenated alkanes) is 1. The third kappa shape index (κ3) is 3.47. The molecule has 130 valence electrons. The maximum Gasteiger partial charge on any atom is 0.225 e. The van der Waals surface area contributed by atoms with Crippen LogP contribution in [0.1, 0.15) is 39.5 Å². The van der Waals surface area contributed by atoms with Crippen molar-refractivity contribution in [1.82, 2.24) is 30.2 Å². The lowest BCUT2D eigenvalue weighted by Gasteiger charge is -2.34. The second kappa shape index (κ2) is 7.55. The van der Waals surface area contributed by atoms with Gasteiger partial charge in [-0.05, 0) is 48.7 Å². The van der Waals surface area contributed by atoms with E-state index in [1.54, 1.807) is 0 Å². The number of anilines is 1. The van der Waals surface area contributed by atoms with Crippen molar-refractivity contribution in [2.75, 3.05) is 31.1 Å². The van der Waals surface area contributed by atoms with E-state index in [0.717, 1.165) is 57.7 Å². The highest BCUT2D eigenvalue weighted by molar-refractivity contribution is 5.79. The minimum Gasteiger partial charge on any atom is -0.355 e.